The molecule has 126 valence electrons. The molecule has 0 amide bonds. The van der Waals surface area contributed by atoms with Gasteiger partial charge in [-0.05, 0) is 36.9 Å². The van der Waals surface area contributed by atoms with Crippen LogP contribution in [-0.4, -0.2) is 44.4 Å². The van der Waals surface area contributed by atoms with Gasteiger partial charge in [0.05, 0.1) is 0 Å². The van der Waals surface area contributed by atoms with Gasteiger partial charge in [0.2, 0.25) is 0 Å². The second kappa shape index (κ2) is 6.61. The zero-order valence-electron chi connectivity index (χ0n) is 13.7. The summed E-state index contributed by atoms with van der Waals surface area (Å²) in [5.41, 5.74) is 1.19. The van der Waals surface area contributed by atoms with E-state index in [1.807, 2.05) is 30.3 Å². The minimum absolute atomic E-state index is 0.0297. The molecular weight excluding hydrogens is 306 g/mol. The van der Waals surface area contributed by atoms with E-state index in [9.17, 15) is 0 Å². The van der Waals surface area contributed by atoms with Gasteiger partial charge in [-0.25, -0.2) is 0 Å². The molecule has 0 N–H and O–H groups in total. The largest absolute Gasteiger partial charge is 0.486 e. The second-order valence-corrected chi connectivity index (χ2v) is 6.17. The number of benzene rings is 2. The predicted molar refractivity (Wildman–Crippen MR) is 90.1 cm³/mol. The standard InChI is InChI=1S/C19H21NO4/c1-20(11-14-6-7-17-19(10-14)22-9-8-21-17)12-15-13-23-16-4-2-3-5-18(16)24-15/h2-7,10,15H,8-9,11-13H2,1H3/t15-/m0/s1. The lowest BCUT2D eigenvalue weighted by atomic mass is 10.1. The Labute approximate surface area is 141 Å². The lowest BCUT2D eigenvalue weighted by Crippen LogP contribution is -2.39. The van der Waals surface area contributed by atoms with Crippen LogP contribution in [0.5, 0.6) is 23.0 Å². The Balaban J connectivity index is 1.36. The Morgan fingerprint density at radius 1 is 0.917 bits per heavy atom. The van der Waals surface area contributed by atoms with Crippen LogP contribution in [0.15, 0.2) is 42.5 Å². The molecule has 0 fully saturated rings. The smallest absolute Gasteiger partial charge is 0.161 e. The van der Waals surface area contributed by atoms with Crippen molar-refractivity contribution in [1.82, 2.24) is 4.90 Å². The molecule has 2 aromatic carbocycles. The molecule has 0 radical (unpaired) electrons. The van der Waals surface area contributed by atoms with E-state index in [0.29, 0.717) is 19.8 Å². The van der Waals surface area contributed by atoms with Crippen molar-refractivity contribution in [2.24, 2.45) is 0 Å². The van der Waals surface area contributed by atoms with E-state index in [4.69, 9.17) is 18.9 Å². The fraction of sp³-hybridized carbons (Fsp3) is 0.368. The van der Waals surface area contributed by atoms with Crippen LogP contribution in [0.3, 0.4) is 0 Å². The molecule has 5 heteroatoms. The van der Waals surface area contributed by atoms with Gasteiger partial charge in [-0.15, -0.1) is 0 Å². The molecule has 24 heavy (non-hydrogen) atoms. The third kappa shape index (κ3) is 3.26. The number of hydrogen-bond acceptors (Lipinski definition) is 5. The van der Waals surface area contributed by atoms with Gasteiger partial charge in [0.25, 0.3) is 0 Å². The first kappa shape index (κ1) is 15.1. The van der Waals surface area contributed by atoms with Gasteiger partial charge >= 0.3 is 0 Å². The third-order valence-corrected chi connectivity index (χ3v) is 4.14. The maximum absolute atomic E-state index is 6.02. The second-order valence-electron chi connectivity index (χ2n) is 6.17. The van der Waals surface area contributed by atoms with E-state index in [1.165, 1.54) is 5.56 Å². The minimum Gasteiger partial charge on any atom is -0.486 e. The maximum Gasteiger partial charge on any atom is 0.161 e. The third-order valence-electron chi connectivity index (χ3n) is 4.14. The van der Waals surface area contributed by atoms with Gasteiger partial charge in [0.1, 0.15) is 25.9 Å². The van der Waals surface area contributed by atoms with E-state index in [2.05, 4.69) is 24.1 Å². The highest BCUT2D eigenvalue weighted by atomic mass is 16.6. The fourth-order valence-corrected chi connectivity index (χ4v) is 3.06. The average Bonchev–Trinajstić information content (AvgIpc) is 2.61. The highest BCUT2D eigenvalue weighted by Crippen LogP contribution is 2.32. The Kier molecular flexibility index (Phi) is 4.17. The summed E-state index contributed by atoms with van der Waals surface area (Å²) in [5, 5.41) is 0. The zero-order valence-corrected chi connectivity index (χ0v) is 13.7. The van der Waals surface area contributed by atoms with Crippen LogP contribution in [0, 0.1) is 0 Å². The molecule has 2 heterocycles. The Bertz CT molecular complexity index is 718. The van der Waals surface area contributed by atoms with Gasteiger partial charge in [-0.1, -0.05) is 18.2 Å². The summed E-state index contributed by atoms with van der Waals surface area (Å²) in [6.07, 6.45) is 0.0297. The molecule has 0 unspecified atom stereocenters. The lowest BCUT2D eigenvalue weighted by Gasteiger charge is -2.29. The zero-order chi connectivity index (χ0) is 16.4. The summed E-state index contributed by atoms with van der Waals surface area (Å²) in [4.78, 5) is 2.23. The van der Waals surface area contributed by atoms with E-state index in [1.54, 1.807) is 0 Å². The number of nitrogens with zero attached hydrogens (tertiary/aromatic N) is 1. The normalized spacial score (nSPS) is 18.5. The molecule has 1 atom stereocenters. The van der Waals surface area contributed by atoms with Crippen LogP contribution in [0.4, 0.5) is 0 Å². The summed E-state index contributed by atoms with van der Waals surface area (Å²) in [7, 11) is 2.08. The number of hydrogen-bond donors (Lipinski definition) is 0. The summed E-state index contributed by atoms with van der Waals surface area (Å²) in [6.45, 7) is 3.41. The van der Waals surface area contributed by atoms with Crippen molar-refractivity contribution in [3.8, 4) is 23.0 Å². The van der Waals surface area contributed by atoms with Crippen LogP contribution in [0.1, 0.15) is 5.56 Å². The van der Waals surface area contributed by atoms with Crippen LogP contribution >= 0.6 is 0 Å². The molecule has 0 bridgehead atoms. The molecule has 5 nitrogen and oxygen atoms in total. The SMILES string of the molecule is CN(Cc1ccc2c(c1)OCCO2)C[C@H]1COc2ccccc2O1. The summed E-state index contributed by atoms with van der Waals surface area (Å²) < 4.78 is 23.0. The number of rotatable bonds is 4. The van der Waals surface area contributed by atoms with Crippen molar-refractivity contribution in [1.29, 1.82) is 0 Å². The molecule has 2 aromatic rings. The minimum atomic E-state index is 0.0297. The highest BCUT2D eigenvalue weighted by molar-refractivity contribution is 5.44. The van der Waals surface area contributed by atoms with E-state index in [0.717, 1.165) is 36.1 Å². The first-order valence-electron chi connectivity index (χ1n) is 8.23. The Hall–Kier alpha value is -2.40. The van der Waals surface area contributed by atoms with Crippen molar-refractivity contribution in [3.05, 3.63) is 48.0 Å². The van der Waals surface area contributed by atoms with Gasteiger partial charge in [0.15, 0.2) is 23.0 Å². The molecule has 2 aliphatic rings. The summed E-state index contributed by atoms with van der Waals surface area (Å²) in [6, 6.07) is 13.9. The maximum atomic E-state index is 6.02. The van der Waals surface area contributed by atoms with Crippen molar-refractivity contribution in [2.75, 3.05) is 33.4 Å². The number of likely N-dealkylation sites (N-methyl/N-ethyl adjacent to an activating group) is 1. The number of fused-ring (bicyclic) bond motifs is 2. The van der Waals surface area contributed by atoms with E-state index in [-0.39, 0.29) is 6.10 Å². The molecule has 2 aliphatic heterocycles. The van der Waals surface area contributed by atoms with Crippen LogP contribution in [0.2, 0.25) is 0 Å². The van der Waals surface area contributed by atoms with Crippen LogP contribution in [0.25, 0.3) is 0 Å². The lowest BCUT2D eigenvalue weighted by molar-refractivity contribution is 0.0637. The highest BCUT2D eigenvalue weighted by Gasteiger charge is 2.22. The van der Waals surface area contributed by atoms with Crippen LogP contribution in [-0.2, 0) is 6.54 Å². The van der Waals surface area contributed by atoms with Gasteiger partial charge in [-0.2, -0.15) is 0 Å². The summed E-state index contributed by atoms with van der Waals surface area (Å²) in [5.74, 6) is 3.30. The molecule has 0 spiro atoms. The monoisotopic (exact) mass is 327 g/mol. The van der Waals surface area contributed by atoms with Crippen molar-refractivity contribution >= 4 is 0 Å². The first-order chi connectivity index (χ1) is 11.8. The molecule has 0 aromatic heterocycles. The van der Waals surface area contributed by atoms with Crippen molar-refractivity contribution in [2.45, 2.75) is 12.6 Å². The number of ether oxygens (including phenoxy) is 4. The molecular formula is C19H21NO4. The van der Waals surface area contributed by atoms with Crippen molar-refractivity contribution in [3.63, 3.8) is 0 Å². The predicted octanol–water partition coefficient (Wildman–Crippen LogP) is 2.73. The Morgan fingerprint density at radius 2 is 1.67 bits per heavy atom. The first-order valence-corrected chi connectivity index (χ1v) is 8.23. The topological polar surface area (TPSA) is 40.2 Å². The van der Waals surface area contributed by atoms with Crippen molar-refractivity contribution < 1.29 is 18.9 Å². The van der Waals surface area contributed by atoms with E-state index >= 15 is 0 Å². The average molecular weight is 327 g/mol. The Morgan fingerprint density at radius 3 is 2.54 bits per heavy atom. The quantitative estimate of drug-likeness (QED) is 0.863. The molecule has 0 aliphatic carbocycles. The van der Waals surface area contributed by atoms with Gasteiger partial charge in [0, 0.05) is 13.1 Å². The van der Waals surface area contributed by atoms with E-state index < -0.39 is 0 Å². The molecule has 4 rings (SSSR count). The number of para-hydroxylation sites is 2. The van der Waals surface area contributed by atoms with Gasteiger partial charge in [-0.3, -0.25) is 4.90 Å². The fourth-order valence-electron chi connectivity index (χ4n) is 3.06. The van der Waals surface area contributed by atoms with Gasteiger partial charge < -0.3 is 18.9 Å². The molecule has 0 saturated heterocycles. The summed E-state index contributed by atoms with van der Waals surface area (Å²) >= 11 is 0. The molecule has 0 saturated carbocycles. The van der Waals surface area contributed by atoms with Crippen LogP contribution < -0.4 is 18.9 Å².